The maximum atomic E-state index is 10.0. The molecular formula is C13H12N8O2S2. The molecule has 10 nitrogen and oxygen atoms in total. The third-order valence-electron chi connectivity index (χ3n) is 2.95. The van der Waals surface area contributed by atoms with Gasteiger partial charge in [-0.05, 0) is 6.26 Å². The third-order valence-corrected chi connectivity index (χ3v) is 4.21. The van der Waals surface area contributed by atoms with Gasteiger partial charge in [0.25, 0.3) is 0 Å². The van der Waals surface area contributed by atoms with Gasteiger partial charge in [0.15, 0.2) is 5.82 Å². The molecule has 0 aliphatic rings. The van der Waals surface area contributed by atoms with Crippen LogP contribution in [0.1, 0.15) is 0 Å². The summed E-state index contributed by atoms with van der Waals surface area (Å²) in [6.45, 7) is 0. The van der Waals surface area contributed by atoms with Crippen LogP contribution in [0.5, 0.6) is 11.5 Å². The number of aromatic nitrogens is 4. The smallest absolute Gasteiger partial charge is 0.250 e. The molecule has 0 aliphatic carbocycles. The molecule has 0 radical (unpaired) electrons. The first-order valence-electron chi connectivity index (χ1n) is 6.82. The predicted molar refractivity (Wildman–Crippen MR) is 93.0 cm³/mol. The lowest BCUT2D eigenvalue weighted by molar-refractivity contribution is 0.462. The van der Waals surface area contributed by atoms with Crippen molar-refractivity contribution in [1.82, 2.24) is 19.1 Å². The SMILES string of the molecule is CSc1nsc(N=Nc2cc(O)c(N=Nc3ccnn3C)cc2O)n1. The Morgan fingerprint density at radius 3 is 2.32 bits per heavy atom. The summed E-state index contributed by atoms with van der Waals surface area (Å²) < 4.78 is 5.57. The number of rotatable bonds is 5. The second-order valence-electron chi connectivity index (χ2n) is 4.61. The molecule has 3 rings (SSSR count). The van der Waals surface area contributed by atoms with Crippen LogP contribution in [0, 0.1) is 0 Å². The number of phenolic OH excluding ortho intramolecular Hbond substituents is 2. The van der Waals surface area contributed by atoms with E-state index in [1.807, 2.05) is 6.26 Å². The first-order valence-corrected chi connectivity index (χ1v) is 8.82. The van der Waals surface area contributed by atoms with Crippen molar-refractivity contribution < 1.29 is 10.2 Å². The molecule has 0 amide bonds. The van der Waals surface area contributed by atoms with Gasteiger partial charge in [0.2, 0.25) is 10.3 Å². The largest absolute Gasteiger partial charge is 0.506 e. The summed E-state index contributed by atoms with van der Waals surface area (Å²) in [5.74, 6) is 0.110. The second-order valence-corrected chi connectivity index (χ2v) is 6.11. The van der Waals surface area contributed by atoms with Gasteiger partial charge in [0.05, 0.1) is 6.20 Å². The molecule has 0 saturated heterocycles. The standard InChI is InChI=1S/C13H12N8O2S2/c1-21-11(3-4-14-21)18-16-7-5-10(23)8(6-9(7)22)17-19-12-15-13(24-2)20-25-12/h3-6,22-23H,1-2H3. The quantitative estimate of drug-likeness (QED) is 0.389. The summed E-state index contributed by atoms with van der Waals surface area (Å²) in [6, 6.07) is 4.15. The number of thioether (sulfide) groups is 1. The van der Waals surface area contributed by atoms with Gasteiger partial charge in [0.1, 0.15) is 22.9 Å². The zero-order chi connectivity index (χ0) is 17.8. The zero-order valence-electron chi connectivity index (χ0n) is 13.1. The Kier molecular flexibility index (Phi) is 5.00. The van der Waals surface area contributed by atoms with Crippen LogP contribution in [0.3, 0.4) is 0 Å². The molecule has 2 heterocycles. The molecule has 0 saturated carbocycles. The Balaban J connectivity index is 1.82. The maximum absolute atomic E-state index is 10.0. The fraction of sp³-hybridized carbons (Fsp3) is 0.154. The van der Waals surface area contributed by atoms with E-state index in [4.69, 9.17) is 0 Å². The molecule has 0 spiro atoms. The second kappa shape index (κ2) is 7.36. The summed E-state index contributed by atoms with van der Waals surface area (Å²) in [4.78, 5) is 4.10. The van der Waals surface area contributed by atoms with Crippen molar-refractivity contribution in [2.75, 3.05) is 6.26 Å². The Bertz CT molecular complexity index is 949. The fourth-order valence-corrected chi connectivity index (χ4v) is 2.76. The van der Waals surface area contributed by atoms with E-state index in [2.05, 4.69) is 34.9 Å². The van der Waals surface area contributed by atoms with E-state index in [0.29, 0.717) is 16.1 Å². The molecule has 0 unspecified atom stereocenters. The number of benzene rings is 1. The molecule has 12 heteroatoms. The number of azo groups is 2. The maximum Gasteiger partial charge on any atom is 0.250 e. The minimum absolute atomic E-state index is 0.0814. The van der Waals surface area contributed by atoms with Crippen molar-refractivity contribution in [1.29, 1.82) is 0 Å². The van der Waals surface area contributed by atoms with Crippen LogP contribution in [0.2, 0.25) is 0 Å². The van der Waals surface area contributed by atoms with Gasteiger partial charge >= 0.3 is 0 Å². The van der Waals surface area contributed by atoms with E-state index in [9.17, 15) is 10.2 Å². The van der Waals surface area contributed by atoms with Crippen LogP contribution < -0.4 is 0 Å². The summed E-state index contributed by atoms with van der Waals surface area (Å²) >= 11 is 2.48. The predicted octanol–water partition coefficient (Wildman–Crippen LogP) is 4.24. The highest BCUT2D eigenvalue weighted by atomic mass is 32.2. The van der Waals surface area contributed by atoms with E-state index < -0.39 is 0 Å². The first-order chi connectivity index (χ1) is 12.1. The molecule has 3 aromatic rings. The van der Waals surface area contributed by atoms with E-state index in [0.717, 1.165) is 11.5 Å². The van der Waals surface area contributed by atoms with Gasteiger partial charge in [-0.2, -0.15) is 14.5 Å². The lowest BCUT2D eigenvalue weighted by Crippen LogP contribution is -1.86. The summed E-state index contributed by atoms with van der Waals surface area (Å²) in [6.07, 6.45) is 3.43. The van der Waals surface area contributed by atoms with Crippen molar-refractivity contribution in [3.8, 4) is 11.5 Å². The first kappa shape index (κ1) is 17.0. The van der Waals surface area contributed by atoms with Crippen molar-refractivity contribution in [2.45, 2.75) is 5.16 Å². The van der Waals surface area contributed by atoms with Crippen molar-refractivity contribution >= 4 is 45.6 Å². The molecule has 0 bridgehead atoms. The molecule has 0 atom stereocenters. The van der Waals surface area contributed by atoms with Gasteiger partial charge in [-0.15, -0.1) is 20.5 Å². The van der Waals surface area contributed by atoms with Crippen molar-refractivity contribution in [3.63, 3.8) is 0 Å². The normalized spacial score (nSPS) is 11.8. The Labute approximate surface area is 150 Å². The fourth-order valence-electron chi connectivity index (χ4n) is 1.71. The molecule has 0 fully saturated rings. The highest BCUT2D eigenvalue weighted by molar-refractivity contribution is 7.98. The van der Waals surface area contributed by atoms with Crippen LogP contribution >= 0.6 is 23.3 Å². The number of aryl methyl sites for hydroxylation is 1. The minimum atomic E-state index is -0.199. The molecular weight excluding hydrogens is 364 g/mol. The number of hydrogen-bond acceptors (Lipinski definition) is 11. The van der Waals surface area contributed by atoms with E-state index in [-0.39, 0.29) is 22.9 Å². The summed E-state index contributed by atoms with van der Waals surface area (Å²) in [7, 11) is 1.71. The van der Waals surface area contributed by atoms with Crippen molar-refractivity contribution in [3.05, 3.63) is 24.4 Å². The molecule has 1 aromatic carbocycles. The monoisotopic (exact) mass is 376 g/mol. The number of aromatic hydroxyl groups is 2. The van der Waals surface area contributed by atoms with Crippen LogP contribution in [0.25, 0.3) is 0 Å². The Hall–Kier alpha value is -2.86. The number of phenols is 2. The van der Waals surface area contributed by atoms with E-state index in [1.165, 1.54) is 28.6 Å². The van der Waals surface area contributed by atoms with Crippen LogP contribution in [-0.2, 0) is 7.05 Å². The van der Waals surface area contributed by atoms with Crippen LogP contribution in [0.15, 0.2) is 50.0 Å². The Morgan fingerprint density at radius 2 is 1.76 bits per heavy atom. The average Bonchev–Trinajstić information content (AvgIpc) is 3.22. The lowest BCUT2D eigenvalue weighted by Gasteiger charge is -2.02. The van der Waals surface area contributed by atoms with Gasteiger partial charge in [0, 0.05) is 36.8 Å². The third kappa shape index (κ3) is 3.97. The molecule has 0 aliphatic heterocycles. The van der Waals surface area contributed by atoms with E-state index in [1.54, 1.807) is 19.3 Å². The Morgan fingerprint density at radius 1 is 1.08 bits per heavy atom. The van der Waals surface area contributed by atoms with E-state index >= 15 is 0 Å². The highest BCUT2D eigenvalue weighted by Gasteiger charge is 2.09. The van der Waals surface area contributed by atoms with Crippen molar-refractivity contribution in [2.24, 2.45) is 27.5 Å². The number of hydrogen-bond donors (Lipinski definition) is 2. The molecule has 25 heavy (non-hydrogen) atoms. The number of nitrogens with zero attached hydrogens (tertiary/aromatic N) is 8. The van der Waals surface area contributed by atoms with Crippen LogP contribution in [-0.4, -0.2) is 35.6 Å². The summed E-state index contributed by atoms with van der Waals surface area (Å²) in [5.41, 5.74) is 0.177. The highest BCUT2D eigenvalue weighted by Crippen LogP contribution is 2.39. The van der Waals surface area contributed by atoms with Gasteiger partial charge < -0.3 is 10.2 Å². The topological polar surface area (TPSA) is 134 Å². The molecule has 2 N–H and O–H groups in total. The van der Waals surface area contributed by atoms with Crippen LogP contribution in [0.4, 0.5) is 22.3 Å². The lowest BCUT2D eigenvalue weighted by atomic mass is 10.2. The average molecular weight is 376 g/mol. The molecule has 128 valence electrons. The minimum Gasteiger partial charge on any atom is -0.506 e. The molecule has 2 aromatic heterocycles. The van der Waals surface area contributed by atoms with Gasteiger partial charge in [-0.25, -0.2) is 4.68 Å². The van der Waals surface area contributed by atoms with Gasteiger partial charge in [-0.3, -0.25) is 0 Å². The summed E-state index contributed by atoms with van der Waals surface area (Å²) in [5, 5.41) is 40.6. The zero-order valence-corrected chi connectivity index (χ0v) is 14.7. The van der Waals surface area contributed by atoms with Gasteiger partial charge in [-0.1, -0.05) is 11.8 Å².